The van der Waals surface area contributed by atoms with Gasteiger partial charge in [0, 0.05) is 0 Å². The maximum Gasteiger partial charge on any atom is 0.311 e. The van der Waals surface area contributed by atoms with E-state index in [0.29, 0.717) is 0 Å². The zero-order valence-corrected chi connectivity index (χ0v) is 9.04. The molecule has 0 amide bonds. The number of anilines is 1. The number of esters is 1. The van der Waals surface area contributed by atoms with E-state index in [1.165, 1.54) is 0 Å². The van der Waals surface area contributed by atoms with E-state index >= 15 is 0 Å². The Balaban J connectivity index is 2.98. The number of nitrogens with zero attached hydrogens (tertiary/aromatic N) is 1. The number of hydrogen-bond acceptors (Lipinski definition) is 4. The molecular weight excluding hydrogens is 237 g/mol. The van der Waals surface area contributed by atoms with Crippen LogP contribution in [0, 0.1) is 5.82 Å². The molecule has 0 spiro atoms. The number of aromatic nitrogens is 1. The number of carbonyl (C=O) groups excluding carboxylic acids is 1. The molecule has 1 aromatic rings. The monoisotopic (exact) mass is 248 g/mol. The topological polar surface area (TPSA) is 65.2 Å². The summed E-state index contributed by atoms with van der Waals surface area (Å²) >= 11 is 0. The van der Waals surface area contributed by atoms with E-state index in [-0.39, 0.29) is 18.7 Å². The molecule has 7 heteroatoms. The van der Waals surface area contributed by atoms with Crippen molar-refractivity contribution in [1.29, 1.82) is 0 Å². The number of pyridine rings is 1. The maximum atomic E-state index is 13.1. The van der Waals surface area contributed by atoms with Gasteiger partial charge in [-0.25, -0.2) is 18.2 Å². The Morgan fingerprint density at radius 3 is 2.76 bits per heavy atom. The summed E-state index contributed by atoms with van der Waals surface area (Å²) in [5, 5.41) is 0. The van der Waals surface area contributed by atoms with Crippen molar-refractivity contribution in [1.82, 2.24) is 4.98 Å². The second kappa shape index (κ2) is 5.51. The van der Waals surface area contributed by atoms with E-state index < -0.39 is 29.6 Å². The molecule has 17 heavy (non-hydrogen) atoms. The minimum atomic E-state index is -3.08. The molecule has 0 aromatic carbocycles. The number of ether oxygens (including phenoxy) is 1. The van der Waals surface area contributed by atoms with Crippen LogP contribution in [-0.4, -0.2) is 17.6 Å². The Bertz CT molecular complexity index is 424. The normalized spacial score (nSPS) is 10.6. The fraction of sp³-hybridized carbons (Fsp3) is 0.400. The molecule has 94 valence electrons. The smallest absolute Gasteiger partial charge is 0.311 e. The van der Waals surface area contributed by atoms with Gasteiger partial charge in [-0.3, -0.25) is 4.79 Å². The zero-order chi connectivity index (χ0) is 13.0. The molecule has 1 aromatic heterocycles. The van der Waals surface area contributed by atoms with Crippen molar-refractivity contribution in [2.75, 3.05) is 12.3 Å². The molecular formula is C10H11F3N2O2. The summed E-state index contributed by atoms with van der Waals surface area (Å²) in [4.78, 5) is 14.5. The number of carbonyl (C=O) groups is 1. The first-order chi connectivity index (χ1) is 7.95. The van der Waals surface area contributed by atoms with E-state index in [0.717, 1.165) is 6.07 Å². The molecule has 0 aliphatic rings. The Hall–Kier alpha value is -1.79. The van der Waals surface area contributed by atoms with Gasteiger partial charge in [-0.15, -0.1) is 0 Å². The van der Waals surface area contributed by atoms with E-state index in [4.69, 9.17) is 5.73 Å². The fourth-order valence-electron chi connectivity index (χ4n) is 1.22. The summed E-state index contributed by atoms with van der Waals surface area (Å²) < 4.78 is 42.5. The van der Waals surface area contributed by atoms with Crippen molar-refractivity contribution in [2.24, 2.45) is 0 Å². The number of nitrogen functional groups attached to an aromatic ring is 1. The number of rotatable bonds is 4. The van der Waals surface area contributed by atoms with Crippen LogP contribution in [0.25, 0.3) is 0 Å². The van der Waals surface area contributed by atoms with Crippen molar-refractivity contribution < 1.29 is 22.7 Å². The minimum absolute atomic E-state index is 0.0438. The molecule has 4 nitrogen and oxygen atoms in total. The summed E-state index contributed by atoms with van der Waals surface area (Å²) in [5.74, 6) is -1.89. The van der Waals surface area contributed by atoms with Crippen LogP contribution >= 0.6 is 0 Å². The van der Waals surface area contributed by atoms with Crippen LogP contribution in [0.5, 0.6) is 0 Å². The van der Waals surface area contributed by atoms with Gasteiger partial charge in [-0.2, -0.15) is 0 Å². The van der Waals surface area contributed by atoms with Crippen LogP contribution in [-0.2, 0) is 16.0 Å². The van der Waals surface area contributed by atoms with Crippen LogP contribution < -0.4 is 5.73 Å². The summed E-state index contributed by atoms with van der Waals surface area (Å²) in [6.07, 6.45) is -3.41. The number of alkyl halides is 2. The van der Waals surface area contributed by atoms with Crippen LogP contribution in [0.1, 0.15) is 24.7 Å². The van der Waals surface area contributed by atoms with Crippen molar-refractivity contribution in [3.63, 3.8) is 0 Å². The average molecular weight is 248 g/mol. The Kier molecular flexibility index (Phi) is 4.30. The third kappa shape index (κ3) is 3.33. The van der Waals surface area contributed by atoms with Gasteiger partial charge in [0.25, 0.3) is 6.43 Å². The largest absolute Gasteiger partial charge is 0.466 e. The fourth-order valence-corrected chi connectivity index (χ4v) is 1.22. The molecule has 0 fully saturated rings. The van der Waals surface area contributed by atoms with Gasteiger partial charge in [0.15, 0.2) is 5.82 Å². The molecule has 0 unspecified atom stereocenters. The predicted molar refractivity (Wildman–Crippen MR) is 53.9 cm³/mol. The van der Waals surface area contributed by atoms with Crippen molar-refractivity contribution in [3.8, 4) is 0 Å². The van der Waals surface area contributed by atoms with Crippen molar-refractivity contribution in [3.05, 3.63) is 23.3 Å². The Morgan fingerprint density at radius 2 is 2.24 bits per heavy atom. The van der Waals surface area contributed by atoms with E-state index in [9.17, 15) is 18.0 Å². The maximum absolute atomic E-state index is 13.1. The van der Waals surface area contributed by atoms with Gasteiger partial charge in [0.2, 0.25) is 0 Å². The van der Waals surface area contributed by atoms with Crippen LogP contribution in [0.2, 0.25) is 0 Å². The second-order valence-electron chi connectivity index (χ2n) is 3.18. The number of halogens is 3. The van der Waals surface area contributed by atoms with Crippen LogP contribution in [0.15, 0.2) is 6.07 Å². The molecule has 0 saturated heterocycles. The number of hydrogen-bond donors (Lipinski definition) is 1. The first-order valence-corrected chi connectivity index (χ1v) is 4.84. The third-order valence-corrected chi connectivity index (χ3v) is 1.90. The summed E-state index contributed by atoms with van der Waals surface area (Å²) in [6, 6.07) is 1.04. The first kappa shape index (κ1) is 13.3. The average Bonchev–Trinajstić information content (AvgIpc) is 2.23. The highest BCUT2D eigenvalue weighted by Crippen LogP contribution is 2.24. The SMILES string of the molecule is CCOC(=O)Cc1cc(N)c(F)c(C(F)F)n1. The molecule has 1 rings (SSSR count). The van der Waals surface area contributed by atoms with E-state index in [2.05, 4.69) is 9.72 Å². The molecule has 0 atom stereocenters. The highest BCUT2D eigenvalue weighted by atomic mass is 19.3. The molecule has 1 heterocycles. The van der Waals surface area contributed by atoms with Gasteiger partial charge >= 0.3 is 5.97 Å². The molecule has 2 N–H and O–H groups in total. The van der Waals surface area contributed by atoms with Gasteiger partial charge in [0.05, 0.1) is 24.4 Å². The third-order valence-electron chi connectivity index (χ3n) is 1.90. The Labute approximate surface area is 95.6 Å². The van der Waals surface area contributed by atoms with Crippen molar-refractivity contribution in [2.45, 2.75) is 19.8 Å². The molecule has 0 saturated carbocycles. The lowest BCUT2D eigenvalue weighted by Gasteiger charge is -2.07. The summed E-state index contributed by atoms with van der Waals surface area (Å²) in [7, 11) is 0. The molecule has 0 radical (unpaired) electrons. The lowest BCUT2D eigenvalue weighted by atomic mass is 10.2. The first-order valence-electron chi connectivity index (χ1n) is 4.84. The predicted octanol–water partition coefficient (Wildman–Crippen LogP) is 1.85. The Morgan fingerprint density at radius 1 is 1.59 bits per heavy atom. The standard InChI is InChI=1S/C10H11F3N2O2/c1-2-17-7(16)4-5-3-6(14)8(11)9(15-5)10(12)13/h3,10H,2,4H2,1H3,(H2,14,15). The molecule has 0 bridgehead atoms. The minimum Gasteiger partial charge on any atom is -0.466 e. The highest BCUT2D eigenvalue weighted by Gasteiger charge is 2.20. The zero-order valence-electron chi connectivity index (χ0n) is 9.04. The molecule has 0 aliphatic heterocycles. The quantitative estimate of drug-likeness (QED) is 0.826. The van der Waals surface area contributed by atoms with E-state index in [1.807, 2.05) is 0 Å². The van der Waals surface area contributed by atoms with Crippen molar-refractivity contribution >= 4 is 11.7 Å². The van der Waals surface area contributed by atoms with E-state index in [1.54, 1.807) is 6.92 Å². The van der Waals surface area contributed by atoms with Crippen LogP contribution in [0.3, 0.4) is 0 Å². The summed E-state index contributed by atoms with van der Waals surface area (Å²) in [5.41, 5.74) is 3.65. The number of nitrogens with two attached hydrogens (primary N) is 1. The van der Waals surface area contributed by atoms with Crippen LogP contribution in [0.4, 0.5) is 18.9 Å². The van der Waals surface area contributed by atoms with Gasteiger partial charge in [0.1, 0.15) is 5.69 Å². The second-order valence-corrected chi connectivity index (χ2v) is 3.18. The lowest BCUT2D eigenvalue weighted by Crippen LogP contribution is -2.11. The van der Waals surface area contributed by atoms with Gasteiger partial charge in [-0.1, -0.05) is 0 Å². The highest BCUT2D eigenvalue weighted by molar-refractivity contribution is 5.72. The lowest BCUT2D eigenvalue weighted by molar-refractivity contribution is -0.142. The van der Waals surface area contributed by atoms with Gasteiger partial charge < -0.3 is 10.5 Å². The van der Waals surface area contributed by atoms with Gasteiger partial charge in [-0.05, 0) is 13.0 Å². The molecule has 0 aliphatic carbocycles. The summed E-state index contributed by atoms with van der Waals surface area (Å²) in [6.45, 7) is 1.77.